The lowest BCUT2D eigenvalue weighted by Crippen LogP contribution is -1.95. The summed E-state index contributed by atoms with van der Waals surface area (Å²) in [6.07, 6.45) is 0. The van der Waals surface area contributed by atoms with Gasteiger partial charge in [0.15, 0.2) is 5.82 Å². The van der Waals surface area contributed by atoms with Gasteiger partial charge in [0.05, 0.1) is 11.2 Å². The Morgan fingerprint density at radius 3 is 2.02 bits per heavy atom. The molecule has 0 atom stereocenters. The SMILES string of the molecule is c1ccc2c(-c3ccc4ccc5c6ccccc6oc5c4c3)nc(-c3ccc(-c4ccc5c(c4)sc4ccccc45)cc3)nc2c1. The third kappa shape index (κ3) is 3.91. The molecule has 0 spiro atoms. The van der Waals surface area contributed by atoms with Gasteiger partial charge in [0.1, 0.15) is 11.2 Å². The van der Waals surface area contributed by atoms with Gasteiger partial charge in [-0.15, -0.1) is 11.3 Å². The predicted octanol–water partition coefficient (Wildman–Crippen LogP) is 12.1. The summed E-state index contributed by atoms with van der Waals surface area (Å²) in [7, 11) is 0. The second-order valence-electron chi connectivity index (χ2n) is 11.8. The van der Waals surface area contributed by atoms with E-state index in [2.05, 4.69) is 127 Å². The number of para-hydroxylation sites is 2. The molecule has 10 rings (SSSR count). The monoisotopic (exact) mass is 604 g/mol. The van der Waals surface area contributed by atoms with E-state index in [0.29, 0.717) is 5.82 Å². The Labute approximate surface area is 268 Å². The van der Waals surface area contributed by atoms with Crippen LogP contribution in [-0.2, 0) is 0 Å². The maximum atomic E-state index is 6.39. The van der Waals surface area contributed by atoms with Crippen LogP contribution in [0.3, 0.4) is 0 Å². The fourth-order valence-electron chi connectivity index (χ4n) is 6.79. The standard InChI is InChI=1S/C42H24N2OS/c1-4-10-36-34(9-1)40(29-18-15-26-19-22-33-30-7-2-5-11-37(30)45-41(33)35(26)23-29)44-42(43-36)27-16-13-25(14-17-27)28-20-21-32-31-8-3-6-12-38(31)46-39(32)24-28/h1-24H. The highest BCUT2D eigenvalue weighted by Crippen LogP contribution is 2.39. The van der Waals surface area contributed by atoms with Crippen molar-refractivity contribution in [3.63, 3.8) is 0 Å². The van der Waals surface area contributed by atoms with Crippen LogP contribution in [0.25, 0.3) is 97.6 Å². The highest BCUT2D eigenvalue weighted by molar-refractivity contribution is 7.25. The highest BCUT2D eigenvalue weighted by Gasteiger charge is 2.15. The Balaban J connectivity index is 1.09. The summed E-state index contributed by atoms with van der Waals surface area (Å²) in [4.78, 5) is 10.2. The average Bonchev–Trinajstić information content (AvgIpc) is 3.69. The molecule has 214 valence electrons. The second kappa shape index (κ2) is 9.83. The van der Waals surface area contributed by atoms with Crippen LogP contribution >= 0.6 is 11.3 Å². The molecule has 46 heavy (non-hydrogen) atoms. The number of hydrogen-bond acceptors (Lipinski definition) is 4. The van der Waals surface area contributed by atoms with Gasteiger partial charge in [0.25, 0.3) is 0 Å². The van der Waals surface area contributed by atoms with Gasteiger partial charge in [-0.2, -0.15) is 0 Å². The molecule has 4 heteroatoms. The van der Waals surface area contributed by atoms with Crippen LogP contribution in [0, 0.1) is 0 Å². The van der Waals surface area contributed by atoms with Gasteiger partial charge >= 0.3 is 0 Å². The minimum absolute atomic E-state index is 0.710. The quantitative estimate of drug-likeness (QED) is 0.201. The Bertz CT molecular complexity index is 2810. The van der Waals surface area contributed by atoms with E-state index >= 15 is 0 Å². The number of benzene rings is 7. The zero-order chi connectivity index (χ0) is 30.2. The molecule has 10 aromatic rings. The molecule has 0 aliphatic rings. The summed E-state index contributed by atoms with van der Waals surface area (Å²) in [6.45, 7) is 0. The molecule has 0 aliphatic carbocycles. The molecular formula is C42H24N2OS. The van der Waals surface area contributed by atoms with E-state index in [1.54, 1.807) is 0 Å². The molecule has 0 unspecified atom stereocenters. The average molecular weight is 605 g/mol. The first-order valence-corrected chi connectivity index (χ1v) is 16.2. The number of hydrogen-bond donors (Lipinski definition) is 0. The molecule has 3 heterocycles. The summed E-state index contributed by atoms with van der Waals surface area (Å²) in [5, 5.41) is 8.13. The maximum absolute atomic E-state index is 6.39. The highest BCUT2D eigenvalue weighted by atomic mass is 32.1. The number of rotatable bonds is 3. The third-order valence-corrected chi connectivity index (χ3v) is 10.2. The first kappa shape index (κ1) is 25.5. The Morgan fingerprint density at radius 2 is 1.11 bits per heavy atom. The van der Waals surface area contributed by atoms with Gasteiger partial charge in [-0.1, -0.05) is 109 Å². The summed E-state index contributed by atoms with van der Waals surface area (Å²) in [6, 6.07) is 51.4. The molecule has 0 aliphatic heterocycles. The van der Waals surface area contributed by atoms with Gasteiger partial charge in [-0.25, -0.2) is 9.97 Å². The summed E-state index contributed by atoms with van der Waals surface area (Å²) >= 11 is 1.85. The van der Waals surface area contributed by atoms with Crippen molar-refractivity contribution in [2.75, 3.05) is 0 Å². The lowest BCUT2D eigenvalue weighted by atomic mass is 9.99. The van der Waals surface area contributed by atoms with Crippen molar-refractivity contribution in [3.8, 4) is 33.8 Å². The van der Waals surface area contributed by atoms with Gasteiger partial charge in [0, 0.05) is 52.8 Å². The van der Waals surface area contributed by atoms with Crippen molar-refractivity contribution in [2.24, 2.45) is 0 Å². The fraction of sp³-hybridized carbons (Fsp3) is 0. The lowest BCUT2D eigenvalue weighted by Gasteiger charge is -2.11. The third-order valence-electron chi connectivity index (χ3n) is 9.09. The molecule has 7 aromatic carbocycles. The fourth-order valence-corrected chi connectivity index (χ4v) is 7.94. The Kier molecular flexibility index (Phi) is 5.45. The number of nitrogens with zero attached hydrogens (tertiary/aromatic N) is 2. The van der Waals surface area contributed by atoms with E-state index in [1.807, 2.05) is 29.5 Å². The van der Waals surface area contributed by atoms with E-state index in [0.717, 1.165) is 60.4 Å². The minimum Gasteiger partial charge on any atom is -0.455 e. The van der Waals surface area contributed by atoms with Gasteiger partial charge in [-0.05, 0) is 52.9 Å². The van der Waals surface area contributed by atoms with Crippen LogP contribution < -0.4 is 0 Å². The molecule has 3 aromatic heterocycles. The van der Waals surface area contributed by atoms with Gasteiger partial charge < -0.3 is 4.42 Å². The van der Waals surface area contributed by atoms with Crippen molar-refractivity contribution >= 4 is 75.1 Å². The molecule has 3 nitrogen and oxygen atoms in total. The molecule has 0 amide bonds. The molecule has 0 bridgehead atoms. The zero-order valence-corrected chi connectivity index (χ0v) is 25.4. The van der Waals surface area contributed by atoms with Crippen LogP contribution in [0.4, 0.5) is 0 Å². The first-order chi connectivity index (χ1) is 22.8. The molecule has 0 radical (unpaired) electrons. The van der Waals surface area contributed by atoms with E-state index < -0.39 is 0 Å². The molecule has 0 N–H and O–H groups in total. The zero-order valence-electron chi connectivity index (χ0n) is 24.6. The minimum atomic E-state index is 0.710. The molecular weight excluding hydrogens is 581 g/mol. The van der Waals surface area contributed by atoms with Crippen molar-refractivity contribution in [1.29, 1.82) is 0 Å². The van der Waals surface area contributed by atoms with Crippen molar-refractivity contribution < 1.29 is 4.42 Å². The Hall–Kier alpha value is -5.84. The number of aromatic nitrogens is 2. The molecule has 0 saturated carbocycles. The number of thiophene rings is 1. The Morgan fingerprint density at radius 1 is 0.435 bits per heavy atom. The van der Waals surface area contributed by atoms with E-state index in [-0.39, 0.29) is 0 Å². The van der Waals surface area contributed by atoms with E-state index in [1.165, 1.54) is 31.3 Å². The van der Waals surface area contributed by atoms with Crippen molar-refractivity contribution in [3.05, 3.63) is 146 Å². The number of furan rings is 1. The maximum Gasteiger partial charge on any atom is 0.160 e. The van der Waals surface area contributed by atoms with E-state index in [9.17, 15) is 0 Å². The predicted molar refractivity (Wildman–Crippen MR) is 194 cm³/mol. The first-order valence-electron chi connectivity index (χ1n) is 15.4. The summed E-state index contributed by atoms with van der Waals surface area (Å²) in [5.74, 6) is 0.710. The molecule has 0 saturated heterocycles. The van der Waals surface area contributed by atoms with Crippen LogP contribution in [-0.4, -0.2) is 9.97 Å². The van der Waals surface area contributed by atoms with Gasteiger partial charge in [0.2, 0.25) is 0 Å². The second-order valence-corrected chi connectivity index (χ2v) is 12.9. The van der Waals surface area contributed by atoms with Crippen LogP contribution in [0.1, 0.15) is 0 Å². The topological polar surface area (TPSA) is 38.9 Å². The smallest absolute Gasteiger partial charge is 0.160 e. The summed E-state index contributed by atoms with van der Waals surface area (Å²) < 4.78 is 9.02. The lowest BCUT2D eigenvalue weighted by molar-refractivity contribution is 0.672. The molecule has 0 fully saturated rings. The van der Waals surface area contributed by atoms with Crippen molar-refractivity contribution in [2.45, 2.75) is 0 Å². The van der Waals surface area contributed by atoms with Gasteiger partial charge in [-0.3, -0.25) is 0 Å². The van der Waals surface area contributed by atoms with Crippen LogP contribution in [0.15, 0.2) is 150 Å². The van der Waals surface area contributed by atoms with Crippen molar-refractivity contribution in [1.82, 2.24) is 9.97 Å². The normalized spacial score (nSPS) is 11.9. The van der Waals surface area contributed by atoms with Crippen LogP contribution in [0.2, 0.25) is 0 Å². The largest absolute Gasteiger partial charge is 0.455 e. The van der Waals surface area contributed by atoms with E-state index in [4.69, 9.17) is 14.4 Å². The number of fused-ring (bicyclic) bond motifs is 9. The summed E-state index contributed by atoms with van der Waals surface area (Å²) in [5.41, 5.74) is 8.04. The van der Waals surface area contributed by atoms with Crippen LogP contribution in [0.5, 0.6) is 0 Å².